The number of hydrogen-bond donors (Lipinski definition) is 1. The fourth-order valence-corrected chi connectivity index (χ4v) is 1.16. The predicted octanol–water partition coefficient (Wildman–Crippen LogP) is 1.21. The quantitative estimate of drug-likeness (QED) is 0.405. The summed E-state index contributed by atoms with van der Waals surface area (Å²) < 4.78 is 9.54. The summed E-state index contributed by atoms with van der Waals surface area (Å²) in [4.78, 5) is 22.5. The van der Waals surface area contributed by atoms with Crippen molar-refractivity contribution in [3.8, 4) is 0 Å². The van der Waals surface area contributed by atoms with Crippen LogP contribution in [-0.2, 0) is 19.1 Å². The molecule has 0 fully saturated rings. The Kier molecular flexibility index (Phi) is 9.24. The van der Waals surface area contributed by atoms with E-state index in [1.165, 1.54) is 6.08 Å². The molecule has 0 unspecified atom stereocenters. The molecule has 0 heterocycles. The van der Waals surface area contributed by atoms with Crippen molar-refractivity contribution in [3.05, 3.63) is 11.8 Å². The maximum Gasteiger partial charge on any atom is 0.332 e. The molecular formula is C11H18ClNO4. The van der Waals surface area contributed by atoms with E-state index in [2.05, 4.69) is 5.32 Å². The summed E-state index contributed by atoms with van der Waals surface area (Å²) in [5.74, 6) is -0.512. The Morgan fingerprint density at radius 1 is 1.24 bits per heavy atom. The number of halogens is 1. The molecule has 5 nitrogen and oxygen atoms in total. The Balaban J connectivity index is 4.40. The molecule has 0 aliphatic rings. The Morgan fingerprint density at radius 3 is 2.41 bits per heavy atom. The summed E-state index contributed by atoms with van der Waals surface area (Å²) in [5.41, 5.74) is 0.447. The molecule has 0 radical (unpaired) electrons. The highest BCUT2D eigenvalue weighted by atomic mass is 35.5. The normalized spacial score (nSPS) is 10.9. The van der Waals surface area contributed by atoms with Crippen LogP contribution in [0.2, 0.25) is 0 Å². The van der Waals surface area contributed by atoms with Crippen molar-refractivity contribution >= 4 is 23.5 Å². The van der Waals surface area contributed by atoms with Crippen LogP contribution >= 0.6 is 11.6 Å². The van der Waals surface area contributed by atoms with E-state index in [1.807, 2.05) is 0 Å². The average Bonchev–Trinajstić information content (AvgIpc) is 2.26. The summed E-state index contributed by atoms with van der Waals surface area (Å²) >= 11 is 5.52. The molecule has 0 atom stereocenters. The Labute approximate surface area is 106 Å². The first-order chi connectivity index (χ1) is 8.13. The number of esters is 2. The highest BCUT2D eigenvalue weighted by Gasteiger charge is 2.09. The van der Waals surface area contributed by atoms with Gasteiger partial charge in [0.2, 0.25) is 0 Å². The minimum Gasteiger partial charge on any atom is -0.466 e. The fourth-order valence-electron chi connectivity index (χ4n) is 1.07. The lowest BCUT2D eigenvalue weighted by Crippen LogP contribution is -2.21. The smallest absolute Gasteiger partial charge is 0.332 e. The number of alkyl halides is 1. The van der Waals surface area contributed by atoms with E-state index in [1.54, 1.807) is 13.8 Å². The lowest BCUT2D eigenvalue weighted by molar-refractivity contribution is -0.142. The lowest BCUT2D eigenvalue weighted by Gasteiger charge is -2.09. The van der Waals surface area contributed by atoms with Gasteiger partial charge in [-0.05, 0) is 13.8 Å². The van der Waals surface area contributed by atoms with Gasteiger partial charge in [0.25, 0.3) is 0 Å². The van der Waals surface area contributed by atoms with Crippen molar-refractivity contribution in [2.75, 3.05) is 25.6 Å². The molecule has 0 aliphatic carbocycles. The third-order valence-electron chi connectivity index (χ3n) is 1.67. The van der Waals surface area contributed by atoms with Gasteiger partial charge in [0, 0.05) is 24.2 Å². The highest BCUT2D eigenvalue weighted by Crippen LogP contribution is 2.00. The monoisotopic (exact) mass is 263 g/mol. The largest absolute Gasteiger partial charge is 0.466 e. The standard InChI is InChI=1S/C11H18ClNO4/c1-3-16-10(14)7-9(13-6-5-12)8-11(15)17-4-2/h7,13H,3-6,8H2,1-2H3/b9-7-. The first-order valence-corrected chi connectivity index (χ1v) is 6.00. The van der Waals surface area contributed by atoms with Crippen molar-refractivity contribution in [2.45, 2.75) is 20.3 Å². The number of ether oxygens (including phenoxy) is 2. The molecule has 0 aromatic heterocycles. The molecule has 0 spiro atoms. The zero-order valence-electron chi connectivity index (χ0n) is 10.1. The SMILES string of the molecule is CCOC(=O)/C=C(/CC(=O)OCC)NCCCl. The van der Waals surface area contributed by atoms with Crippen molar-refractivity contribution in [1.29, 1.82) is 0 Å². The predicted molar refractivity (Wildman–Crippen MR) is 64.7 cm³/mol. The summed E-state index contributed by atoms with van der Waals surface area (Å²) in [6.07, 6.45) is 1.25. The number of carbonyl (C=O) groups excluding carboxylic acids is 2. The van der Waals surface area contributed by atoms with Gasteiger partial charge in [0.05, 0.1) is 19.6 Å². The van der Waals surface area contributed by atoms with E-state index in [0.717, 1.165) is 0 Å². The van der Waals surface area contributed by atoms with Crippen molar-refractivity contribution in [3.63, 3.8) is 0 Å². The molecule has 0 rings (SSSR count). The van der Waals surface area contributed by atoms with E-state index in [4.69, 9.17) is 21.1 Å². The van der Waals surface area contributed by atoms with Crippen LogP contribution in [0.25, 0.3) is 0 Å². The van der Waals surface area contributed by atoms with Crippen LogP contribution in [0.1, 0.15) is 20.3 Å². The molecule has 0 aliphatic heterocycles. The molecule has 17 heavy (non-hydrogen) atoms. The van der Waals surface area contributed by atoms with Crippen LogP contribution in [0.4, 0.5) is 0 Å². The van der Waals surface area contributed by atoms with Gasteiger partial charge in [0.1, 0.15) is 0 Å². The minimum absolute atomic E-state index is 0.00352. The number of hydrogen-bond acceptors (Lipinski definition) is 5. The topological polar surface area (TPSA) is 64.6 Å². The van der Waals surface area contributed by atoms with Crippen molar-refractivity contribution in [1.82, 2.24) is 5.32 Å². The third kappa shape index (κ3) is 8.56. The van der Waals surface area contributed by atoms with E-state index in [9.17, 15) is 9.59 Å². The summed E-state index contributed by atoms with van der Waals surface area (Å²) in [5, 5.41) is 2.88. The van der Waals surface area contributed by atoms with Gasteiger partial charge >= 0.3 is 11.9 Å². The molecule has 0 aromatic carbocycles. The molecule has 0 saturated carbocycles. The van der Waals surface area contributed by atoms with Gasteiger partial charge in [-0.2, -0.15) is 0 Å². The zero-order valence-corrected chi connectivity index (χ0v) is 10.9. The van der Waals surface area contributed by atoms with E-state index in [0.29, 0.717) is 24.7 Å². The second kappa shape index (κ2) is 9.96. The lowest BCUT2D eigenvalue weighted by atomic mass is 10.3. The van der Waals surface area contributed by atoms with Gasteiger partial charge < -0.3 is 14.8 Å². The fraction of sp³-hybridized carbons (Fsp3) is 0.636. The Morgan fingerprint density at radius 2 is 1.88 bits per heavy atom. The second-order valence-corrected chi connectivity index (χ2v) is 3.40. The molecular weight excluding hydrogens is 246 g/mol. The molecule has 0 saturated heterocycles. The van der Waals surface area contributed by atoms with Gasteiger partial charge in [-0.3, -0.25) is 4.79 Å². The Hall–Kier alpha value is -1.23. The van der Waals surface area contributed by atoms with Crippen LogP contribution < -0.4 is 5.32 Å². The third-order valence-corrected chi connectivity index (χ3v) is 1.85. The first-order valence-electron chi connectivity index (χ1n) is 5.46. The maximum atomic E-state index is 11.3. The zero-order chi connectivity index (χ0) is 13.1. The van der Waals surface area contributed by atoms with Crippen LogP contribution in [0.3, 0.4) is 0 Å². The summed E-state index contributed by atoms with van der Waals surface area (Å²) in [7, 11) is 0. The van der Waals surface area contributed by atoms with Gasteiger partial charge in [-0.25, -0.2) is 4.79 Å². The van der Waals surface area contributed by atoms with Gasteiger partial charge in [0.15, 0.2) is 0 Å². The number of rotatable bonds is 8. The van der Waals surface area contributed by atoms with E-state index >= 15 is 0 Å². The summed E-state index contributed by atoms with van der Waals surface area (Å²) in [6.45, 7) is 4.49. The Bertz CT molecular complexity index is 279. The molecule has 6 heteroatoms. The van der Waals surface area contributed by atoms with Crippen molar-refractivity contribution in [2.24, 2.45) is 0 Å². The van der Waals surface area contributed by atoms with E-state index in [-0.39, 0.29) is 13.0 Å². The van der Waals surface area contributed by atoms with Crippen LogP contribution in [-0.4, -0.2) is 37.6 Å². The van der Waals surface area contributed by atoms with Gasteiger partial charge in [-0.15, -0.1) is 11.6 Å². The summed E-state index contributed by atoms with van der Waals surface area (Å²) in [6, 6.07) is 0. The van der Waals surface area contributed by atoms with Gasteiger partial charge in [-0.1, -0.05) is 0 Å². The van der Waals surface area contributed by atoms with Crippen LogP contribution in [0, 0.1) is 0 Å². The minimum atomic E-state index is -0.492. The van der Waals surface area contributed by atoms with Crippen LogP contribution in [0.5, 0.6) is 0 Å². The number of nitrogens with one attached hydrogen (secondary N) is 1. The molecule has 0 aromatic rings. The molecule has 98 valence electrons. The average molecular weight is 264 g/mol. The van der Waals surface area contributed by atoms with Crippen LogP contribution in [0.15, 0.2) is 11.8 Å². The highest BCUT2D eigenvalue weighted by molar-refractivity contribution is 6.18. The first kappa shape index (κ1) is 15.8. The maximum absolute atomic E-state index is 11.3. The molecule has 0 amide bonds. The second-order valence-electron chi connectivity index (χ2n) is 3.02. The molecule has 1 N–H and O–H groups in total. The molecule has 0 bridgehead atoms. The van der Waals surface area contributed by atoms with E-state index < -0.39 is 11.9 Å². The number of carbonyl (C=O) groups is 2. The van der Waals surface area contributed by atoms with Crippen molar-refractivity contribution < 1.29 is 19.1 Å².